The van der Waals surface area contributed by atoms with E-state index >= 15 is 0 Å². The van der Waals surface area contributed by atoms with Crippen LogP contribution in [0.3, 0.4) is 0 Å². The van der Waals surface area contributed by atoms with Gasteiger partial charge in [0.25, 0.3) is 10.1 Å². The van der Waals surface area contributed by atoms with E-state index in [0.717, 1.165) is 0 Å². The van der Waals surface area contributed by atoms with Gasteiger partial charge in [0, 0.05) is 5.56 Å². The van der Waals surface area contributed by atoms with Crippen LogP contribution in [-0.4, -0.2) is 13.0 Å². The summed E-state index contributed by atoms with van der Waals surface area (Å²) in [4.78, 5) is 0. The smallest absolute Gasteiger partial charge is 0.269 e. The van der Waals surface area contributed by atoms with Crippen molar-refractivity contribution < 1.29 is 30.5 Å². The molecule has 1 aromatic carbocycles. The lowest BCUT2D eigenvalue weighted by molar-refractivity contribution is 0.404. The van der Waals surface area contributed by atoms with Crippen LogP contribution in [0.2, 0.25) is 0 Å². The third-order valence-electron chi connectivity index (χ3n) is 1.52. The molecular weight excluding hydrogens is 240 g/mol. The van der Waals surface area contributed by atoms with Crippen LogP contribution in [0.1, 0.15) is 5.56 Å². The molecule has 1 rings (SSSR count). The molecule has 0 amide bonds. The minimum Gasteiger partial charge on any atom is -0.285 e. The Bertz CT molecular complexity index is 497. The minimum atomic E-state index is -4.64. The quantitative estimate of drug-likeness (QED) is 0.372. The predicted molar refractivity (Wildman–Crippen MR) is 41.5 cm³/mol. The zero-order valence-corrected chi connectivity index (χ0v) is 7.78. The van der Waals surface area contributed by atoms with Gasteiger partial charge in [0.2, 0.25) is 0 Å². The first-order valence-corrected chi connectivity index (χ1v) is 5.10. The lowest BCUT2D eigenvalue weighted by Gasteiger charge is -2.03. The molecule has 84 valence electrons. The lowest BCUT2D eigenvalue weighted by Crippen LogP contribution is -2.07. The Hall–Kier alpha value is -1.15. The van der Waals surface area contributed by atoms with E-state index in [0.29, 0.717) is 0 Å². The summed E-state index contributed by atoms with van der Waals surface area (Å²) < 4.78 is 79.3. The Morgan fingerprint density at radius 2 is 1.60 bits per heavy atom. The predicted octanol–water partition coefficient (Wildman–Crippen LogP) is 1.63. The molecule has 0 radical (unpaired) electrons. The van der Waals surface area contributed by atoms with Crippen molar-refractivity contribution in [2.24, 2.45) is 0 Å². The average molecular weight is 244 g/mol. The van der Waals surface area contributed by atoms with Crippen LogP contribution in [0.15, 0.2) is 6.07 Å². The molecule has 0 atom stereocenters. The summed E-state index contributed by atoms with van der Waals surface area (Å²) in [5, 5.41) is 0. The van der Waals surface area contributed by atoms with Gasteiger partial charge in [0.15, 0.2) is 23.3 Å². The maximum Gasteiger partial charge on any atom is 0.269 e. The van der Waals surface area contributed by atoms with E-state index in [1.54, 1.807) is 0 Å². The van der Waals surface area contributed by atoms with Gasteiger partial charge in [0.1, 0.15) is 5.75 Å². The van der Waals surface area contributed by atoms with Gasteiger partial charge < -0.3 is 0 Å². The molecule has 0 bridgehead atoms. The van der Waals surface area contributed by atoms with Gasteiger partial charge >= 0.3 is 0 Å². The Labute approximate surface area is 82.1 Å². The second-order valence-electron chi connectivity index (χ2n) is 2.69. The van der Waals surface area contributed by atoms with E-state index in [2.05, 4.69) is 0 Å². The third kappa shape index (κ3) is 2.66. The van der Waals surface area contributed by atoms with E-state index in [4.69, 9.17) is 4.55 Å². The molecule has 0 fully saturated rings. The highest BCUT2D eigenvalue weighted by Gasteiger charge is 2.21. The number of hydrogen-bond donors (Lipinski definition) is 1. The maximum atomic E-state index is 12.8. The highest BCUT2D eigenvalue weighted by Crippen LogP contribution is 2.20. The molecule has 15 heavy (non-hydrogen) atoms. The molecule has 0 heterocycles. The normalized spacial score (nSPS) is 11.8. The van der Waals surface area contributed by atoms with E-state index < -0.39 is 44.7 Å². The molecule has 0 aliphatic heterocycles. The van der Waals surface area contributed by atoms with Gasteiger partial charge in [-0.25, -0.2) is 17.6 Å². The Morgan fingerprint density at radius 3 is 2.07 bits per heavy atom. The number of rotatable bonds is 2. The molecule has 3 nitrogen and oxygen atoms in total. The number of halogens is 4. The van der Waals surface area contributed by atoms with E-state index in [-0.39, 0.29) is 6.07 Å². The molecule has 0 aromatic heterocycles. The fourth-order valence-corrected chi connectivity index (χ4v) is 1.53. The molecular formula is C7H4F4O3S. The topological polar surface area (TPSA) is 54.4 Å². The second kappa shape index (κ2) is 3.78. The molecule has 1 N–H and O–H groups in total. The highest BCUT2D eigenvalue weighted by atomic mass is 32.2. The minimum absolute atomic E-state index is 0.168. The first-order valence-electron chi connectivity index (χ1n) is 3.49. The first-order chi connectivity index (χ1) is 6.72. The van der Waals surface area contributed by atoms with Crippen molar-refractivity contribution in [3.05, 3.63) is 34.9 Å². The van der Waals surface area contributed by atoms with Crippen LogP contribution < -0.4 is 0 Å². The lowest BCUT2D eigenvalue weighted by atomic mass is 10.2. The fourth-order valence-electron chi connectivity index (χ4n) is 0.923. The molecule has 0 spiro atoms. The average Bonchev–Trinajstić information content (AvgIpc) is 2.08. The van der Waals surface area contributed by atoms with Crippen LogP contribution in [0, 0.1) is 23.3 Å². The summed E-state index contributed by atoms with van der Waals surface area (Å²) >= 11 is 0. The van der Waals surface area contributed by atoms with Crippen molar-refractivity contribution >= 4 is 10.1 Å². The van der Waals surface area contributed by atoms with Crippen molar-refractivity contribution in [2.75, 3.05) is 0 Å². The number of hydrogen-bond acceptors (Lipinski definition) is 2. The molecule has 8 heteroatoms. The molecule has 0 aliphatic carbocycles. The summed E-state index contributed by atoms with van der Waals surface area (Å²) in [7, 11) is -4.64. The van der Waals surface area contributed by atoms with Crippen molar-refractivity contribution in [1.29, 1.82) is 0 Å². The van der Waals surface area contributed by atoms with E-state index in [9.17, 15) is 26.0 Å². The molecule has 0 saturated carbocycles. The molecule has 0 aliphatic rings. The standard InChI is InChI=1S/C7H4F4O3S/c8-4-1-3(2-15(12,13)14)5(9)7(11)6(4)10/h1H,2H2,(H,12,13,14). The molecule has 1 aromatic rings. The zero-order valence-electron chi connectivity index (χ0n) is 6.97. The Kier molecular flexibility index (Phi) is 3.00. The summed E-state index contributed by atoms with van der Waals surface area (Å²) in [5.41, 5.74) is -0.978. The number of benzene rings is 1. The van der Waals surface area contributed by atoms with Crippen LogP contribution in [0.4, 0.5) is 17.6 Å². The van der Waals surface area contributed by atoms with E-state index in [1.807, 2.05) is 0 Å². The Morgan fingerprint density at radius 1 is 1.07 bits per heavy atom. The van der Waals surface area contributed by atoms with Gasteiger partial charge in [-0.1, -0.05) is 0 Å². The maximum absolute atomic E-state index is 12.8. The van der Waals surface area contributed by atoms with Crippen LogP contribution in [0.5, 0.6) is 0 Å². The van der Waals surface area contributed by atoms with Crippen molar-refractivity contribution in [2.45, 2.75) is 5.75 Å². The van der Waals surface area contributed by atoms with Crippen LogP contribution >= 0.6 is 0 Å². The van der Waals surface area contributed by atoms with Crippen LogP contribution in [-0.2, 0) is 15.9 Å². The largest absolute Gasteiger partial charge is 0.285 e. The van der Waals surface area contributed by atoms with Crippen molar-refractivity contribution in [3.63, 3.8) is 0 Å². The van der Waals surface area contributed by atoms with Crippen molar-refractivity contribution in [3.8, 4) is 0 Å². The SMILES string of the molecule is O=S(=O)(O)Cc1cc(F)c(F)c(F)c1F. The van der Waals surface area contributed by atoms with E-state index in [1.165, 1.54) is 0 Å². The summed E-state index contributed by atoms with van der Waals surface area (Å²) in [6, 6.07) is 0.168. The van der Waals surface area contributed by atoms with Gasteiger partial charge in [-0.15, -0.1) is 0 Å². The van der Waals surface area contributed by atoms with Gasteiger partial charge in [-0.05, 0) is 6.07 Å². The molecule has 0 unspecified atom stereocenters. The third-order valence-corrected chi connectivity index (χ3v) is 2.19. The summed E-state index contributed by atoms with van der Waals surface area (Å²) in [6.07, 6.45) is 0. The van der Waals surface area contributed by atoms with Gasteiger partial charge in [0.05, 0.1) is 0 Å². The fraction of sp³-hybridized carbons (Fsp3) is 0.143. The summed E-state index contributed by atoms with van der Waals surface area (Å²) in [5.74, 6) is -9.05. The van der Waals surface area contributed by atoms with Crippen molar-refractivity contribution in [1.82, 2.24) is 0 Å². The van der Waals surface area contributed by atoms with Gasteiger partial charge in [-0.3, -0.25) is 4.55 Å². The zero-order chi connectivity index (χ0) is 11.8. The Balaban J connectivity index is 3.33. The second-order valence-corrected chi connectivity index (χ2v) is 4.14. The molecule has 0 saturated heterocycles. The first kappa shape index (κ1) is 11.9. The van der Waals surface area contributed by atoms with Crippen LogP contribution in [0.25, 0.3) is 0 Å². The summed E-state index contributed by atoms with van der Waals surface area (Å²) in [6.45, 7) is 0. The monoisotopic (exact) mass is 244 g/mol. The van der Waals surface area contributed by atoms with Gasteiger partial charge in [-0.2, -0.15) is 8.42 Å². The highest BCUT2D eigenvalue weighted by molar-refractivity contribution is 7.85.